The molecule has 3 heteroatoms. The van der Waals surface area contributed by atoms with Crippen LogP contribution in [0.2, 0.25) is 0 Å². The van der Waals surface area contributed by atoms with E-state index in [1.165, 1.54) is 63.4 Å². The monoisotopic (exact) mass is 371 g/mol. The third-order valence-corrected chi connectivity index (χ3v) is 4.81. The van der Waals surface area contributed by atoms with Gasteiger partial charge in [-0.2, -0.15) is 0 Å². The van der Waals surface area contributed by atoms with Crippen molar-refractivity contribution in [2.24, 2.45) is 10.9 Å². The Kier molecular flexibility index (Phi) is 12.1. The molecule has 3 aliphatic rings. The minimum Gasteiger partial charge on any atom is -0.478 e. The molecule has 0 spiro atoms. The van der Waals surface area contributed by atoms with Crippen LogP contribution >= 0.6 is 0 Å². The molecule has 1 heterocycles. The Morgan fingerprint density at radius 1 is 0.792 bits per heavy atom. The first kappa shape index (κ1) is 23.2. The van der Waals surface area contributed by atoms with E-state index in [9.17, 15) is 0 Å². The smallest absolute Gasteiger partial charge is 0.478 e. The summed E-state index contributed by atoms with van der Waals surface area (Å²) in [5.74, 6) is 1.63. The standard InChI is InChI=1S/C14H17NO.C5H10.2CH3.Fe/c1-2-6-11(7-3-1)13-10-16-14(15-13)12-8-4-5-9-12;1-2-4-5-3-1;;;/h1-3,6-7,12-13H,4-5,8-10H2;1-5H2;2*1H3;/q;;2*-1;+2/t13-;;;;/m0..../s1. The van der Waals surface area contributed by atoms with E-state index < -0.39 is 0 Å². The number of hydrogen-bond acceptors (Lipinski definition) is 2. The molecule has 2 saturated carbocycles. The third-order valence-electron chi connectivity index (χ3n) is 4.81. The van der Waals surface area contributed by atoms with E-state index in [-0.39, 0.29) is 38.0 Å². The molecule has 1 atom stereocenters. The van der Waals surface area contributed by atoms with Crippen LogP contribution in [0.25, 0.3) is 0 Å². The molecule has 1 aromatic rings. The first-order valence-electron chi connectivity index (χ1n) is 8.69. The molecule has 0 bridgehead atoms. The van der Waals surface area contributed by atoms with Gasteiger partial charge in [0.1, 0.15) is 12.6 Å². The Balaban J connectivity index is 0.000000578. The molecule has 4 rings (SSSR count). The molecule has 24 heavy (non-hydrogen) atoms. The number of nitrogens with zero attached hydrogens (tertiary/aromatic N) is 1. The van der Waals surface area contributed by atoms with Crippen molar-refractivity contribution in [3.63, 3.8) is 0 Å². The Labute approximate surface area is 160 Å². The van der Waals surface area contributed by atoms with Gasteiger partial charge in [-0.25, -0.2) is 4.99 Å². The van der Waals surface area contributed by atoms with E-state index in [1.54, 1.807) is 0 Å². The third kappa shape index (κ3) is 6.61. The van der Waals surface area contributed by atoms with Crippen molar-refractivity contribution in [1.82, 2.24) is 0 Å². The van der Waals surface area contributed by atoms with E-state index in [0.29, 0.717) is 5.92 Å². The van der Waals surface area contributed by atoms with E-state index in [0.717, 1.165) is 12.5 Å². The average Bonchev–Trinajstić information content (AvgIpc) is 3.30. The second-order valence-electron chi connectivity index (χ2n) is 6.45. The molecular formula is C21H33FeNO. The molecule has 1 aromatic carbocycles. The topological polar surface area (TPSA) is 21.6 Å². The van der Waals surface area contributed by atoms with Gasteiger partial charge in [0.25, 0.3) is 0 Å². The summed E-state index contributed by atoms with van der Waals surface area (Å²) in [6, 6.07) is 10.7. The molecule has 0 N–H and O–H groups in total. The summed E-state index contributed by atoms with van der Waals surface area (Å²) in [5.41, 5.74) is 1.27. The minimum absolute atomic E-state index is 0. The van der Waals surface area contributed by atoms with Crippen LogP contribution in [0, 0.1) is 20.8 Å². The van der Waals surface area contributed by atoms with Gasteiger partial charge in [0.2, 0.25) is 0 Å². The van der Waals surface area contributed by atoms with Crippen molar-refractivity contribution < 1.29 is 21.8 Å². The molecule has 0 aromatic heterocycles. The summed E-state index contributed by atoms with van der Waals surface area (Å²) < 4.78 is 5.75. The molecule has 0 saturated heterocycles. The van der Waals surface area contributed by atoms with Crippen molar-refractivity contribution in [3.05, 3.63) is 50.7 Å². The predicted octanol–water partition coefficient (Wildman–Crippen LogP) is 6.20. The Bertz CT molecular complexity index is 443. The largest absolute Gasteiger partial charge is 2.00 e. The fourth-order valence-corrected chi connectivity index (χ4v) is 3.52. The zero-order valence-electron chi connectivity index (χ0n) is 15.3. The molecule has 0 radical (unpaired) electrons. The summed E-state index contributed by atoms with van der Waals surface area (Å²) in [6.07, 6.45) is 12.7. The van der Waals surface area contributed by atoms with Gasteiger partial charge in [-0.05, 0) is 18.4 Å². The second kappa shape index (κ2) is 12.6. The summed E-state index contributed by atoms with van der Waals surface area (Å²) >= 11 is 0. The van der Waals surface area contributed by atoms with Crippen LogP contribution in [0.4, 0.5) is 0 Å². The minimum atomic E-state index is 0. The van der Waals surface area contributed by atoms with Crippen molar-refractivity contribution in [1.29, 1.82) is 0 Å². The molecular weight excluding hydrogens is 338 g/mol. The first-order chi connectivity index (χ1) is 10.4. The van der Waals surface area contributed by atoms with Crippen molar-refractivity contribution in [3.8, 4) is 0 Å². The van der Waals surface area contributed by atoms with Gasteiger partial charge in [-0.15, -0.1) is 0 Å². The number of ether oxygens (including phenoxy) is 1. The Hall–Kier alpha value is -0.791. The van der Waals surface area contributed by atoms with Gasteiger partial charge in [0.15, 0.2) is 5.90 Å². The van der Waals surface area contributed by atoms with Crippen LogP contribution in [0.5, 0.6) is 0 Å². The zero-order valence-corrected chi connectivity index (χ0v) is 16.4. The van der Waals surface area contributed by atoms with E-state index in [1.807, 2.05) is 6.07 Å². The van der Waals surface area contributed by atoms with Gasteiger partial charge in [0.05, 0.1) is 0 Å². The van der Waals surface area contributed by atoms with Crippen molar-refractivity contribution in [2.45, 2.75) is 63.8 Å². The molecule has 0 unspecified atom stereocenters. The quantitative estimate of drug-likeness (QED) is 0.448. The Morgan fingerprint density at radius 2 is 1.33 bits per heavy atom. The van der Waals surface area contributed by atoms with Gasteiger partial charge >= 0.3 is 17.1 Å². The molecule has 136 valence electrons. The van der Waals surface area contributed by atoms with E-state index >= 15 is 0 Å². The fourth-order valence-electron chi connectivity index (χ4n) is 3.52. The van der Waals surface area contributed by atoms with E-state index in [4.69, 9.17) is 9.73 Å². The second-order valence-corrected chi connectivity index (χ2v) is 6.45. The summed E-state index contributed by atoms with van der Waals surface area (Å²) in [5, 5.41) is 0. The van der Waals surface area contributed by atoms with Gasteiger partial charge < -0.3 is 19.6 Å². The van der Waals surface area contributed by atoms with E-state index in [2.05, 4.69) is 24.3 Å². The maximum atomic E-state index is 5.75. The zero-order chi connectivity index (χ0) is 14.3. The molecule has 2 fully saturated rings. The van der Waals surface area contributed by atoms with Gasteiger partial charge in [-0.3, -0.25) is 0 Å². The SMILES string of the molecule is C1CCCC1.[CH3-].[CH3-].[Fe+2].c1ccc([C@@H]2COC(C3CCCC3)=N2)cc1. The number of hydrogen-bond donors (Lipinski definition) is 0. The maximum absolute atomic E-state index is 5.75. The normalized spacial score (nSPS) is 22.0. The molecule has 0 amide bonds. The Morgan fingerprint density at radius 3 is 1.88 bits per heavy atom. The van der Waals surface area contributed by atoms with Crippen LogP contribution in [0.15, 0.2) is 35.3 Å². The summed E-state index contributed by atoms with van der Waals surface area (Å²) in [7, 11) is 0. The summed E-state index contributed by atoms with van der Waals surface area (Å²) in [6.45, 7) is 0.732. The van der Waals surface area contributed by atoms with Crippen molar-refractivity contribution in [2.75, 3.05) is 6.61 Å². The predicted molar refractivity (Wildman–Crippen MR) is 100 cm³/mol. The maximum Gasteiger partial charge on any atom is 2.00 e. The van der Waals surface area contributed by atoms with Crippen LogP contribution in [0.3, 0.4) is 0 Å². The van der Waals surface area contributed by atoms with Gasteiger partial charge in [0, 0.05) is 5.92 Å². The molecule has 2 nitrogen and oxygen atoms in total. The number of benzene rings is 1. The summed E-state index contributed by atoms with van der Waals surface area (Å²) in [4.78, 5) is 4.73. The fraction of sp³-hybridized carbons (Fsp3) is 0.571. The number of rotatable bonds is 2. The molecule has 1 aliphatic heterocycles. The van der Waals surface area contributed by atoms with Gasteiger partial charge in [-0.1, -0.05) is 75.3 Å². The first-order valence-corrected chi connectivity index (χ1v) is 8.69. The average molecular weight is 371 g/mol. The number of aliphatic imine (C=N–C) groups is 1. The van der Waals surface area contributed by atoms with Crippen molar-refractivity contribution >= 4 is 5.90 Å². The van der Waals surface area contributed by atoms with Crippen LogP contribution in [0.1, 0.15) is 69.4 Å². The van der Waals surface area contributed by atoms with Crippen LogP contribution in [-0.2, 0) is 21.8 Å². The van der Waals surface area contributed by atoms with Crippen LogP contribution < -0.4 is 0 Å². The van der Waals surface area contributed by atoms with Crippen LogP contribution in [-0.4, -0.2) is 12.5 Å². The molecule has 2 aliphatic carbocycles.